The number of piperazine rings is 1. The van der Waals surface area contributed by atoms with Crippen LogP contribution < -0.4 is 16.0 Å². The zero-order chi connectivity index (χ0) is 19.4. The number of amides is 3. The Labute approximate surface area is 171 Å². The van der Waals surface area contributed by atoms with Crippen molar-refractivity contribution in [1.29, 1.82) is 0 Å². The fourth-order valence-corrected chi connectivity index (χ4v) is 3.22. The molecule has 1 aromatic heterocycles. The molecule has 0 spiro atoms. The summed E-state index contributed by atoms with van der Waals surface area (Å²) in [4.78, 5) is 30.9. The number of nitrogens with zero attached hydrogens (tertiary/aromatic N) is 3. The Balaban J connectivity index is 0.00000280. The molecule has 1 aromatic carbocycles. The highest BCUT2D eigenvalue weighted by molar-refractivity contribution is 6.01. The Hall–Kier alpha value is -2.42. The van der Waals surface area contributed by atoms with Gasteiger partial charge in [0.25, 0.3) is 0 Å². The number of carbonyl (C=O) groups is 2. The smallest absolute Gasteiger partial charge is 0.325 e. The predicted octanol–water partition coefficient (Wildman–Crippen LogP) is 1.75. The highest BCUT2D eigenvalue weighted by Gasteiger charge is 2.28. The number of hydrogen-bond donors (Lipinski definition) is 3. The molecular weight excluding hydrogens is 380 g/mol. The number of imide groups is 1. The summed E-state index contributed by atoms with van der Waals surface area (Å²) in [5.74, 6) is 0.562. The first-order valence-corrected chi connectivity index (χ1v) is 9.04. The molecule has 0 saturated carbocycles. The molecule has 28 heavy (non-hydrogen) atoms. The van der Waals surface area contributed by atoms with Crippen LogP contribution in [0.25, 0.3) is 0 Å². The quantitative estimate of drug-likeness (QED) is 0.719. The SMILES string of the molecule is Cc1ccc(NC(=O)NC(=O)CN2CCNCC2c2nccn2C)cc1C.Cl. The Morgan fingerprint density at radius 1 is 1.29 bits per heavy atom. The van der Waals surface area contributed by atoms with Gasteiger partial charge in [-0.05, 0) is 37.1 Å². The van der Waals surface area contributed by atoms with Gasteiger partial charge >= 0.3 is 6.03 Å². The van der Waals surface area contributed by atoms with E-state index >= 15 is 0 Å². The van der Waals surface area contributed by atoms with Crippen LogP contribution in [-0.2, 0) is 11.8 Å². The molecule has 0 radical (unpaired) electrons. The summed E-state index contributed by atoms with van der Waals surface area (Å²) in [5.41, 5.74) is 2.89. The van der Waals surface area contributed by atoms with Crippen LogP contribution in [0.5, 0.6) is 0 Å². The molecule has 152 valence electrons. The number of halogens is 1. The van der Waals surface area contributed by atoms with Gasteiger partial charge in [-0.25, -0.2) is 9.78 Å². The van der Waals surface area contributed by atoms with Crippen molar-refractivity contribution in [3.8, 4) is 0 Å². The van der Waals surface area contributed by atoms with Crippen LogP contribution in [0.15, 0.2) is 30.6 Å². The van der Waals surface area contributed by atoms with E-state index < -0.39 is 6.03 Å². The van der Waals surface area contributed by atoms with Gasteiger partial charge < -0.3 is 15.2 Å². The summed E-state index contributed by atoms with van der Waals surface area (Å²) in [6.07, 6.45) is 3.64. The first-order chi connectivity index (χ1) is 12.9. The molecule has 1 saturated heterocycles. The van der Waals surface area contributed by atoms with Gasteiger partial charge in [-0.3, -0.25) is 15.0 Å². The molecule has 9 heteroatoms. The van der Waals surface area contributed by atoms with Crippen molar-refractivity contribution >= 4 is 30.0 Å². The lowest BCUT2D eigenvalue weighted by Gasteiger charge is -2.35. The number of urea groups is 1. The molecule has 1 fully saturated rings. The average Bonchev–Trinajstić information content (AvgIpc) is 3.04. The second kappa shape index (κ2) is 9.68. The standard InChI is InChI=1S/C19H26N6O2.ClH/c1-13-4-5-15(10-14(13)2)22-19(27)23-17(26)12-25-9-6-20-11-16(25)18-21-7-8-24(18)3;/h4-5,7-8,10,16,20H,6,9,11-12H2,1-3H3,(H2,22,23,26,27);1H. The molecule has 8 nitrogen and oxygen atoms in total. The number of benzene rings is 1. The minimum absolute atomic E-state index is 0. The molecule has 2 heterocycles. The van der Waals surface area contributed by atoms with E-state index in [-0.39, 0.29) is 30.9 Å². The highest BCUT2D eigenvalue weighted by Crippen LogP contribution is 2.19. The number of carbonyl (C=O) groups excluding carboxylic acids is 2. The van der Waals surface area contributed by atoms with Crippen molar-refractivity contribution in [3.63, 3.8) is 0 Å². The number of aryl methyl sites for hydroxylation is 3. The Bertz CT molecular complexity index is 838. The summed E-state index contributed by atoms with van der Waals surface area (Å²) in [6.45, 7) is 6.35. The van der Waals surface area contributed by atoms with E-state index in [0.29, 0.717) is 18.8 Å². The maximum atomic E-state index is 12.4. The number of imidazole rings is 1. The zero-order valence-corrected chi connectivity index (χ0v) is 17.2. The van der Waals surface area contributed by atoms with Crippen molar-refractivity contribution in [2.75, 3.05) is 31.5 Å². The molecule has 3 rings (SSSR count). The minimum atomic E-state index is -0.521. The molecular formula is C19H27ClN6O2. The summed E-state index contributed by atoms with van der Waals surface area (Å²) < 4.78 is 1.95. The second-order valence-electron chi connectivity index (χ2n) is 6.89. The van der Waals surface area contributed by atoms with Gasteiger partial charge in [0.05, 0.1) is 12.6 Å². The van der Waals surface area contributed by atoms with E-state index in [0.717, 1.165) is 23.5 Å². The van der Waals surface area contributed by atoms with Crippen LogP contribution in [-0.4, -0.2) is 52.6 Å². The molecule has 0 bridgehead atoms. The average molecular weight is 407 g/mol. The van der Waals surface area contributed by atoms with Crippen LogP contribution in [0.4, 0.5) is 10.5 Å². The number of hydrogen-bond acceptors (Lipinski definition) is 5. The van der Waals surface area contributed by atoms with Crippen molar-refractivity contribution in [3.05, 3.63) is 47.5 Å². The summed E-state index contributed by atoms with van der Waals surface area (Å²) in [6, 6.07) is 5.11. The molecule has 3 amide bonds. The summed E-state index contributed by atoms with van der Waals surface area (Å²) >= 11 is 0. The number of anilines is 1. The van der Waals surface area contributed by atoms with Gasteiger partial charge in [0.2, 0.25) is 5.91 Å². The van der Waals surface area contributed by atoms with Gasteiger partial charge in [0.1, 0.15) is 5.82 Å². The van der Waals surface area contributed by atoms with Gasteiger partial charge in [-0.2, -0.15) is 0 Å². The lowest BCUT2D eigenvalue weighted by atomic mass is 10.1. The van der Waals surface area contributed by atoms with E-state index in [1.165, 1.54) is 0 Å². The topological polar surface area (TPSA) is 91.3 Å². The third-order valence-corrected chi connectivity index (χ3v) is 4.88. The van der Waals surface area contributed by atoms with E-state index in [1.807, 2.05) is 54.8 Å². The maximum Gasteiger partial charge on any atom is 0.325 e. The maximum absolute atomic E-state index is 12.4. The van der Waals surface area contributed by atoms with E-state index in [2.05, 4.69) is 20.9 Å². The van der Waals surface area contributed by atoms with Gasteiger partial charge in [0, 0.05) is 44.8 Å². The van der Waals surface area contributed by atoms with Crippen LogP contribution in [0.2, 0.25) is 0 Å². The highest BCUT2D eigenvalue weighted by atomic mass is 35.5. The first kappa shape index (κ1) is 21.9. The number of rotatable bonds is 4. The number of aromatic nitrogens is 2. The molecule has 0 aliphatic carbocycles. The predicted molar refractivity (Wildman–Crippen MR) is 111 cm³/mol. The Morgan fingerprint density at radius 3 is 2.75 bits per heavy atom. The normalized spacial score (nSPS) is 16.9. The first-order valence-electron chi connectivity index (χ1n) is 9.04. The summed E-state index contributed by atoms with van der Waals surface area (Å²) in [5, 5.41) is 8.45. The minimum Gasteiger partial charge on any atom is -0.337 e. The van der Waals surface area contributed by atoms with Crippen LogP contribution in [0.3, 0.4) is 0 Å². The van der Waals surface area contributed by atoms with Crippen molar-refractivity contribution < 1.29 is 9.59 Å². The molecule has 1 aliphatic heterocycles. The lowest BCUT2D eigenvalue weighted by Crippen LogP contribution is -2.51. The van der Waals surface area contributed by atoms with Gasteiger partial charge in [0.15, 0.2) is 0 Å². The Morgan fingerprint density at radius 2 is 2.07 bits per heavy atom. The van der Waals surface area contributed by atoms with Crippen molar-refractivity contribution in [2.24, 2.45) is 7.05 Å². The molecule has 2 aromatic rings. The van der Waals surface area contributed by atoms with Crippen LogP contribution in [0, 0.1) is 13.8 Å². The third-order valence-electron chi connectivity index (χ3n) is 4.88. The Kier molecular flexibility index (Phi) is 7.56. The van der Waals surface area contributed by atoms with E-state index in [1.54, 1.807) is 6.20 Å². The molecule has 1 unspecified atom stereocenters. The van der Waals surface area contributed by atoms with Crippen LogP contribution in [0.1, 0.15) is 23.0 Å². The molecule has 1 atom stereocenters. The lowest BCUT2D eigenvalue weighted by molar-refractivity contribution is -0.121. The monoisotopic (exact) mass is 406 g/mol. The third kappa shape index (κ3) is 5.31. The van der Waals surface area contributed by atoms with Crippen molar-refractivity contribution in [1.82, 2.24) is 25.1 Å². The number of nitrogens with one attached hydrogen (secondary N) is 3. The van der Waals surface area contributed by atoms with E-state index in [9.17, 15) is 9.59 Å². The van der Waals surface area contributed by atoms with Crippen molar-refractivity contribution in [2.45, 2.75) is 19.9 Å². The fraction of sp³-hybridized carbons (Fsp3) is 0.421. The summed E-state index contributed by atoms with van der Waals surface area (Å²) in [7, 11) is 1.94. The molecule has 1 aliphatic rings. The fourth-order valence-electron chi connectivity index (χ4n) is 3.22. The van der Waals surface area contributed by atoms with E-state index in [4.69, 9.17) is 0 Å². The van der Waals surface area contributed by atoms with Gasteiger partial charge in [-0.15, -0.1) is 12.4 Å². The van der Waals surface area contributed by atoms with Crippen LogP contribution >= 0.6 is 12.4 Å². The van der Waals surface area contributed by atoms with Gasteiger partial charge in [-0.1, -0.05) is 6.07 Å². The second-order valence-corrected chi connectivity index (χ2v) is 6.89. The largest absolute Gasteiger partial charge is 0.337 e. The zero-order valence-electron chi connectivity index (χ0n) is 16.4. The molecule has 3 N–H and O–H groups in total.